The van der Waals surface area contributed by atoms with Crippen LogP contribution in [0.2, 0.25) is 0 Å². The Bertz CT molecular complexity index is 1130. The highest BCUT2D eigenvalue weighted by atomic mass is 16.5. The first-order chi connectivity index (χ1) is 16.0. The zero-order valence-electron chi connectivity index (χ0n) is 19.6. The summed E-state index contributed by atoms with van der Waals surface area (Å²) >= 11 is 0. The van der Waals surface area contributed by atoms with Crippen LogP contribution in [0.1, 0.15) is 25.1 Å². The maximum absolute atomic E-state index is 12.5. The highest BCUT2D eigenvalue weighted by Gasteiger charge is 2.19. The molecule has 2 aromatic carbocycles. The molecule has 0 bridgehead atoms. The van der Waals surface area contributed by atoms with Crippen LogP contribution in [0.4, 0.5) is 0 Å². The van der Waals surface area contributed by atoms with Gasteiger partial charge in [-0.1, -0.05) is 24.3 Å². The van der Waals surface area contributed by atoms with Crippen LogP contribution in [0, 0.1) is 0 Å². The number of fused-ring (bicyclic) bond motifs is 1. The summed E-state index contributed by atoms with van der Waals surface area (Å²) in [4.78, 5) is 31.2. The third kappa shape index (κ3) is 5.87. The Morgan fingerprint density at radius 2 is 1.79 bits per heavy atom. The van der Waals surface area contributed by atoms with Gasteiger partial charge in [-0.2, -0.15) is 0 Å². The Balaban J connectivity index is 2.13. The van der Waals surface area contributed by atoms with Gasteiger partial charge in [-0.25, -0.2) is 0 Å². The van der Waals surface area contributed by atoms with Crippen molar-refractivity contribution in [2.24, 2.45) is 0 Å². The highest BCUT2D eigenvalue weighted by Crippen LogP contribution is 2.35. The van der Waals surface area contributed by atoms with E-state index in [1.165, 1.54) is 7.11 Å². The van der Waals surface area contributed by atoms with Gasteiger partial charge in [-0.3, -0.25) is 14.6 Å². The molecule has 7 nitrogen and oxygen atoms in total. The van der Waals surface area contributed by atoms with Crippen LogP contribution in [-0.2, 0) is 32.0 Å². The molecular formula is C26H30N2O5. The molecule has 0 unspecified atom stereocenters. The number of benzene rings is 2. The molecule has 7 heteroatoms. The third-order valence-electron chi connectivity index (χ3n) is 5.35. The maximum Gasteiger partial charge on any atom is 0.310 e. The van der Waals surface area contributed by atoms with Crippen molar-refractivity contribution in [2.45, 2.75) is 26.8 Å². The molecular weight excluding hydrogens is 420 g/mol. The number of hydrogen-bond donors (Lipinski definition) is 0. The summed E-state index contributed by atoms with van der Waals surface area (Å²) in [5.74, 6) is 0.268. The molecule has 0 atom stereocenters. The van der Waals surface area contributed by atoms with Crippen LogP contribution in [0.15, 0.2) is 48.5 Å². The minimum Gasteiger partial charge on any atom is -0.496 e. The summed E-state index contributed by atoms with van der Waals surface area (Å²) in [7, 11) is 3.11. The summed E-state index contributed by atoms with van der Waals surface area (Å²) in [6.45, 7) is 4.90. The maximum atomic E-state index is 12.5. The van der Waals surface area contributed by atoms with Crippen molar-refractivity contribution in [3.8, 4) is 16.9 Å². The Morgan fingerprint density at radius 1 is 1.00 bits per heavy atom. The zero-order valence-corrected chi connectivity index (χ0v) is 19.6. The fourth-order valence-electron chi connectivity index (χ4n) is 3.74. The first-order valence-electron chi connectivity index (χ1n) is 11.0. The third-order valence-corrected chi connectivity index (χ3v) is 5.35. The lowest BCUT2D eigenvalue weighted by Gasteiger charge is -2.23. The molecule has 0 radical (unpaired) electrons. The standard InChI is InChI=1S/C26H30N2O5/c1-5-28(25(29)17-31-3)16-23-20(15-19-9-7-8-10-22(19)27-23)21-13-18(11-12-24(21)32-4)14-26(30)33-6-2/h7-13,15H,5-6,14,16-17H2,1-4H3. The summed E-state index contributed by atoms with van der Waals surface area (Å²) in [5, 5.41) is 0.973. The molecule has 3 aromatic rings. The molecule has 0 aliphatic heterocycles. The molecule has 0 saturated carbocycles. The lowest BCUT2D eigenvalue weighted by molar-refractivity contribution is -0.142. The molecule has 0 saturated heterocycles. The monoisotopic (exact) mass is 450 g/mol. The number of ether oxygens (including phenoxy) is 3. The number of methoxy groups -OCH3 is 2. The van der Waals surface area contributed by atoms with E-state index in [2.05, 4.69) is 6.07 Å². The smallest absolute Gasteiger partial charge is 0.310 e. The van der Waals surface area contributed by atoms with E-state index < -0.39 is 0 Å². The van der Waals surface area contributed by atoms with E-state index in [-0.39, 0.29) is 24.9 Å². The van der Waals surface area contributed by atoms with E-state index in [1.807, 2.05) is 49.4 Å². The minimum atomic E-state index is -0.284. The lowest BCUT2D eigenvalue weighted by atomic mass is 9.97. The number of carbonyl (C=O) groups excluding carboxylic acids is 2. The predicted octanol–water partition coefficient (Wildman–Crippen LogP) is 4.01. The molecule has 0 N–H and O–H groups in total. The first-order valence-corrected chi connectivity index (χ1v) is 11.0. The van der Waals surface area contributed by atoms with Crippen molar-refractivity contribution in [3.63, 3.8) is 0 Å². The van der Waals surface area contributed by atoms with Gasteiger partial charge in [-0.05, 0) is 43.7 Å². The quantitative estimate of drug-likeness (QED) is 0.434. The van der Waals surface area contributed by atoms with Gasteiger partial charge in [0.05, 0.1) is 37.9 Å². The molecule has 174 valence electrons. The van der Waals surface area contributed by atoms with Crippen molar-refractivity contribution in [3.05, 3.63) is 59.8 Å². The predicted molar refractivity (Wildman–Crippen MR) is 127 cm³/mol. The van der Waals surface area contributed by atoms with Gasteiger partial charge < -0.3 is 19.1 Å². The average molecular weight is 451 g/mol. The fraction of sp³-hybridized carbons (Fsp3) is 0.346. The number of pyridine rings is 1. The lowest BCUT2D eigenvalue weighted by Crippen LogP contribution is -2.33. The van der Waals surface area contributed by atoms with E-state index in [0.717, 1.165) is 33.3 Å². The molecule has 1 amide bonds. The summed E-state index contributed by atoms with van der Waals surface area (Å²) in [6.07, 6.45) is 0.161. The largest absolute Gasteiger partial charge is 0.496 e. The van der Waals surface area contributed by atoms with Crippen LogP contribution in [0.25, 0.3) is 22.0 Å². The van der Waals surface area contributed by atoms with Crippen LogP contribution in [-0.4, -0.2) is 55.7 Å². The number of carbonyl (C=O) groups is 2. The van der Waals surface area contributed by atoms with Crippen molar-refractivity contribution in [2.75, 3.05) is 34.0 Å². The minimum absolute atomic E-state index is 0.00903. The van der Waals surface area contributed by atoms with Crippen LogP contribution in [0.3, 0.4) is 0 Å². The van der Waals surface area contributed by atoms with E-state index in [9.17, 15) is 9.59 Å². The summed E-state index contributed by atoms with van der Waals surface area (Å²) in [5.41, 5.74) is 4.05. The van der Waals surface area contributed by atoms with Crippen molar-refractivity contribution >= 4 is 22.8 Å². The Hall–Kier alpha value is -3.45. The Kier molecular flexibility index (Phi) is 8.38. The highest BCUT2D eigenvalue weighted by molar-refractivity contribution is 5.87. The van der Waals surface area contributed by atoms with Crippen LogP contribution in [0.5, 0.6) is 5.75 Å². The second kappa shape index (κ2) is 11.4. The summed E-state index contributed by atoms with van der Waals surface area (Å²) < 4.78 is 15.8. The van der Waals surface area contributed by atoms with Gasteiger partial charge in [0.1, 0.15) is 12.4 Å². The van der Waals surface area contributed by atoms with Crippen LogP contribution < -0.4 is 4.74 Å². The number of esters is 1. The molecule has 1 aromatic heterocycles. The first kappa shape index (κ1) is 24.2. The molecule has 0 spiro atoms. The van der Waals surface area contributed by atoms with Crippen molar-refractivity contribution in [1.82, 2.24) is 9.88 Å². The van der Waals surface area contributed by atoms with Crippen LogP contribution >= 0.6 is 0 Å². The zero-order chi connectivity index (χ0) is 23.8. The molecule has 0 aliphatic rings. The number of hydrogen-bond acceptors (Lipinski definition) is 6. The number of likely N-dealkylation sites (N-methyl/N-ethyl adjacent to an activating group) is 1. The van der Waals surface area contributed by atoms with Gasteiger partial charge in [-0.15, -0.1) is 0 Å². The summed E-state index contributed by atoms with van der Waals surface area (Å²) in [6, 6.07) is 15.5. The molecule has 0 fully saturated rings. The van der Waals surface area contributed by atoms with E-state index >= 15 is 0 Å². The van der Waals surface area contributed by atoms with E-state index in [1.54, 1.807) is 18.9 Å². The van der Waals surface area contributed by atoms with E-state index in [4.69, 9.17) is 19.2 Å². The molecule has 33 heavy (non-hydrogen) atoms. The topological polar surface area (TPSA) is 78.0 Å². The van der Waals surface area contributed by atoms with E-state index in [0.29, 0.717) is 25.4 Å². The second-order valence-corrected chi connectivity index (χ2v) is 7.53. The number of nitrogens with zero attached hydrogens (tertiary/aromatic N) is 2. The number of amides is 1. The van der Waals surface area contributed by atoms with Gasteiger partial charge >= 0.3 is 5.97 Å². The molecule has 0 aliphatic carbocycles. The number of aromatic nitrogens is 1. The Morgan fingerprint density at radius 3 is 2.48 bits per heavy atom. The van der Waals surface area contributed by atoms with Gasteiger partial charge in [0.25, 0.3) is 0 Å². The van der Waals surface area contributed by atoms with Gasteiger partial charge in [0.15, 0.2) is 0 Å². The van der Waals surface area contributed by atoms with Crippen molar-refractivity contribution < 1.29 is 23.8 Å². The number of rotatable bonds is 10. The number of para-hydroxylation sites is 1. The Labute approximate surface area is 194 Å². The van der Waals surface area contributed by atoms with Gasteiger partial charge in [0.2, 0.25) is 5.91 Å². The average Bonchev–Trinajstić information content (AvgIpc) is 2.82. The molecule has 3 rings (SSSR count). The normalized spacial score (nSPS) is 10.8. The fourth-order valence-corrected chi connectivity index (χ4v) is 3.74. The van der Waals surface area contributed by atoms with Gasteiger partial charge in [0, 0.05) is 30.2 Å². The molecule has 1 heterocycles. The second-order valence-electron chi connectivity index (χ2n) is 7.53. The van der Waals surface area contributed by atoms with Crippen molar-refractivity contribution in [1.29, 1.82) is 0 Å². The SMILES string of the molecule is CCOC(=O)Cc1ccc(OC)c(-c2cc3ccccc3nc2CN(CC)C(=O)COC)c1.